The Morgan fingerprint density at radius 1 is 1.53 bits per heavy atom. The molecule has 0 aliphatic heterocycles. The minimum absolute atomic E-state index is 0.130. The molecule has 1 rings (SSSR count). The van der Waals surface area contributed by atoms with E-state index in [1.807, 2.05) is 6.92 Å². The molecule has 0 heterocycles. The minimum atomic E-state index is -0.300. The van der Waals surface area contributed by atoms with E-state index < -0.39 is 0 Å². The summed E-state index contributed by atoms with van der Waals surface area (Å²) in [6.07, 6.45) is 0.649. The van der Waals surface area contributed by atoms with Crippen molar-refractivity contribution in [3.63, 3.8) is 0 Å². The highest BCUT2D eigenvalue weighted by atomic mass is 35.5. The van der Waals surface area contributed by atoms with Gasteiger partial charge in [0.2, 0.25) is 0 Å². The maximum Gasteiger partial charge on any atom is 0.129 e. The second kappa shape index (κ2) is 6.05. The van der Waals surface area contributed by atoms with Gasteiger partial charge in [-0.3, -0.25) is 0 Å². The molecule has 0 aliphatic rings. The summed E-state index contributed by atoms with van der Waals surface area (Å²) >= 11 is 5.91. The van der Waals surface area contributed by atoms with Crippen LogP contribution in [0.15, 0.2) is 18.2 Å². The van der Waals surface area contributed by atoms with E-state index in [9.17, 15) is 4.39 Å². The third-order valence-corrected chi connectivity index (χ3v) is 2.55. The van der Waals surface area contributed by atoms with Gasteiger partial charge in [-0.15, -0.1) is 0 Å². The van der Waals surface area contributed by atoms with E-state index in [1.165, 1.54) is 6.07 Å². The minimum Gasteiger partial charge on any atom is -0.396 e. The van der Waals surface area contributed by atoms with Crippen LogP contribution in [0.5, 0.6) is 0 Å². The first-order valence-corrected chi connectivity index (χ1v) is 5.32. The first-order valence-electron chi connectivity index (χ1n) is 4.95. The van der Waals surface area contributed by atoms with Crippen molar-refractivity contribution in [2.45, 2.75) is 19.4 Å². The van der Waals surface area contributed by atoms with E-state index in [1.54, 1.807) is 12.1 Å². The zero-order valence-corrected chi connectivity index (χ0v) is 9.39. The average Bonchev–Trinajstić information content (AvgIpc) is 2.18. The van der Waals surface area contributed by atoms with Gasteiger partial charge in [0.15, 0.2) is 0 Å². The molecule has 2 N–H and O–H groups in total. The van der Waals surface area contributed by atoms with E-state index in [0.29, 0.717) is 23.6 Å². The molecule has 2 nitrogen and oxygen atoms in total. The lowest BCUT2D eigenvalue weighted by atomic mass is 10.1. The number of hydrogen-bond acceptors (Lipinski definition) is 2. The summed E-state index contributed by atoms with van der Waals surface area (Å²) in [5.41, 5.74) is 0.483. The van der Waals surface area contributed by atoms with Crippen LogP contribution >= 0.6 is 11.6 Å². The van der Waals surface area contributed by atoms with Crippen LogP contribution in [-0.2, 0) is 0 Å². The third kappa shape index (κ3) is 3.45. The Morgan fingerprint density at radius 2 is 2.27 bits per heavy atom. The van der Waals surface area contributed by atoms with Crippen LogP contribution in [0.4, 0.5) is 4.39 Å². The molecule has 0 unspecified atom stereocenters. The van der Waals surface area contributed by atoms with Gasteiger partial charge in [0.25, 0.3) is 0 Å². The van der Waals surface area contributed by atoms with Crippen molar-refractivity contribution < 1.29 is 9.50 Å². The molecule has 0 saturated carbocycles. The molecule has 4 heteroatoms. The fourth-order valence-electron chi connectivity index (χ4n) is 1.42. The molecule has 0 spiro atoms. The Labute approximate surface area is 94.1 Å². The normalized spacial score (nSPS) is 12.8. The van der Waals surface area contributed by atoms with Crippen LogP contribution in [0.3, 0.4) is 0 Å². The second-order valence-corrected chi connectivity index (χ2v) is 3.80. The Balaban J connectivity index is 2.68. The highest BCUT2D eigenvalue weighted by Crippen LogP contribution is 2.25. The van der Waals surface area contributed by atoms with E-state index >= 15 is 0 Å². The fraction of sp³-hybridized carbons (Fsp3) is 0.455. The van der Waals surface area contributed by atoms with Crippen molar-refractivity contribution >= 4 is 11.6 Å². The summed E-state index contributed by atoms with van der Waals surface area (Å²) < 4.78 is 13.4. The fourth-order valence-corrected chi connectivity index (χ4v) is 1.75. The Hall–Kier alpha value is -0.640. The zero-order chi connectivity index (χ0) is 11.3. The topological polar surface area (TPSA) is 32.3 Å². The van der Waals surface area contributed by atoms with Gasteiger partial charge in [-0.25, -0.2) is 4.39 Å². The van der Waals surface area contributed by atoms with Crippen LogP contribution in [0.1, 0.15) is 24.9 Å². The molecule has 1 aromatic rings. The first kappa shape index (κ1) is 12.4. The van der Waals surface area contributed by atoms with E-state index in [4.69, 9.17) is 16.7 Å². The molecule has 1 aromatic carbocycles. The zero-order valence-electron chi connectivity index (χ0n) is 8.63. The molecular weight excluding hydrogens is 217 g/mol. The van der Waals surface area contributed by atoms with Crippen molar-refractivity contribution in [3.05, 3.63) is 34.6 Å². The van der Waals surface area contributed by atoms with Gasteiger partial charge in [0.05, 0.1) is 0 Å². The quantitative estimate of drug-likeness (QED) is 0.764. The summed E-state index contributed by atoms with van der Waals surface area (Å²) in [4.78, 5) is 0. The van der Waals surface area contributed by atoms with Gasteiger partial charge in [-0.1, -0.05) is 17.7 Å². The second-order valence-electron chi connectivity index (χ2n) is 3.39. The summed E-state index contributed by atoms with van der Waals surface area (Å²) in [5.74, 6) is -0.300. The predicted octanol–water partition coefficient (Wildman–Crippen LogP) is 2.51. The van der Waals surface area contributed by atoms with Gasteiger partial charge in [0.1, 0.15) is 5.82 Å². The van der Waals surface area contributed by atoms with E-state index in [0.717, 1.165) is 0 Å². The maximum absolute atomic E-state index is 13.4. The Kier molecular flexibility index (Phi) is 5.02. The third-order valence-electron chi connectivity index (χ3n) is 2.22. The van der Waals surface area contributed by atoms with Gasteiger partial charge in [-0.05, 0) is 32.0 Å². The summed E-state index contributed by atoms with van der Waals surface area (Å²) in [6.45, 7) is 2.62. The average molecular weight is 232 g/mol. The van der Waals surface area contributed by atoms with Crippen LogP contribution in [0.2, 0.25) is 5.02 Å². The molecule has 0 radical (unpaired) electrons. The lowest BCUT2D eigenvalue weighted by Crippen LogP contribution is -2.21. The van der Waals surface area contributed by atoms with Crippen molar-refractivity contribution in [2.75, 3.05) is 13.2 Å². The van der Waals surface area contributed by atoms with E-state index in [2.05, 4.69) is 5.32 Å². The van der Waals surface area contributed by atoms with Crippen molar-refractivity contribution in [1.29, 1.82) is 0 Å². The number of aliphatic hydroxyl groups is 1. The summed E-state index contributed by atoms with van der Waals surface area (Å²) in [6, 6.07) is 4.50. The summed E-state index contributed by atoms with van der Waals surface area (Å²) in [7, 11) is 0. The largest absolute Gasteiger partial charge is 0.396 e. The monoisotopic (exact) mass is 231 g/mol. The number of nitrogens with one attached hydrogen (secondary N) is 1. The Bertz CT molecular complexity index is 299. The van der Waals surface area contributed by atoms with Crippen LogP contribution in [-0.4, -0.2) is 18.3 Å². The number of halogens is 2. The van der Waals surface area contributed by atoms with Crippen LogP contribution < -0.4 is 5.32 Å². The van der Waals surface area contributed by atoms with Crippen molar-refractivity contribution in [2.24, 2.45) is 0 Å². The molecule has 84 valence electrons. The number of rotatable bonds is 5. The molecule has 0 bridgehead atoms. The molecule has 0 amide bonds. The molecular formula is C11H15ClFNO. The first-order chi connectivity index (χ1) is 7.16. The molecule has 0 fully saturated rings. The Morgan fingerprint density at radius 3 is 2.87 bits per heavy atom. The smallest absolute Gasteiger partial charge is 0.129 e. The molecule has 15 heavy (non-hydrogen) atoms. The summed E-state index contributed by atoms with van der Waals surface area (Å²) in [5, 5.41) is 12.1. The predicted molar refractivity (Wildman–Crippen MR) is 59.5 cm³/mol. The highest BCUT2D eigenvalue weighted by Gasteiger charge is 2.13. The highest BCUT2D eigenvalue weighted by molar-refractivity contribution is 6.31. The number of benzene rings is 1. The lowest BCUT2D eigenvalue weighted by molar-refractivity contribution is 0.283. The van der Waals surface area contributed by atoms with Gasteiger partial charge < -0.3 is 10.4 Å². The molecule has 0 saturated heterocycles. The molecule has 0 aliphatic carbocycles. The van der Waals surface area contributed by atoms with Crippen LogP contribution in [0.25, 0.3) is 0 Å². The van der Waals surface area contributed by atoms with Gasteiger partial charge in [0, 0.05) is 23.2 Å². The molecule has 1 atom stereocenters. The SMILES string of the molecule is C[C@@H](NCCCO)c1c(F)cccc1Cl. The van der Waals surface area contributed by atoms with Crippen molar-refractivity contribution in [3.8, 4) is 0 Å². The van der Waals surface area contributed by atoms with Gasteiger partial charge >= 0.3 is 0 Å². The number of aliphatic hydroxyl groups excluding tert-OH is 1. The van der Waals surface area contributed by atoms with Gasteiger partial charge in [-0.2, -0.15) is 0 Å². The number of hydrogen-bond donors (Lipinski definition) is 2. The lowest BCUT2D eigenvalue weighted by Gasteiger charge is -2.15. The van der Waals surface area contributed by atoms with Crippen molar-refractivity contribution in [1.82, 2.24) is 5.32 Å². The van der Waals surface area contributed by atoms with E-state index in [-0.39, 0.29) is 18.5 Å². The van der Waals surface area contributed by atoms with Crippen LogP contribution in [0, 0.1) is 5.82 Å². The molecule has 0 aromatic heterocycles. The maximum atomic E-state index is 13.4. The standard InChI is InChI=1S/C11H15ClFNO/c1-8(14-6-3-7-15)11-9(12)4-2-5-10(11)13/h2,4-5,8,14-15H,3,6-7H2,1H3/t8-/m1/s1.